The second-order valence-corrected chi connectivity index (χ2v) is 6.70. The average molecular weight is 321 g/mol. The largest absolute Gasteiger partial charge is 0.309 e. The van der Waals surface area contributed by atoms with Crippen LogP contribution in [0.3, 0.4) is 0 Å². The fraction of sp³-hybridized carbons (Fsp3) is 0.0833. The molecule has 3 aromatic carbocycles. The van der Waals surface area contributed by atoms with Crippen molar-refractivity contribution in [2.24, 2.45) is 0 Å². The first kappa shape index (κ1) is 14.3. The molecule has 0 radical (unpaired) electrons. The van der Waals surface area contributed by atoms with E-state index < -0.39 is 0 Å². The molecule has 5 rings (SSSR count). The van der Waals surface area contributed by atoms with Gasteiger partial charge in [0.1, 0.15) is 0 Å². The molecule has 0 amide bonds. The van der Waals surface area contributed by atoms with Gasteiger partial charge in [-0.2, -0.15) is 0 Å². The topological polar surface area (TPSA) is 4.93 Å². The molecule has 1 aromatic heterocycles. The summed E-state index contributed by atoms with van der Waals surface area (Å²) in [6, 6.07) is 22.0. The molecule has 0 atom stereocenters. The maximum absolute atomic E-state index is 2.40. The number of benzene rings is 3. The number of fused-ring (bicyclic) bond motifs is 4. The van der Waals surface area contributed by atoms with Crippen LogP contribution in [0.2, 0.25) is 0 Å². The Hall–Kier alpha value is -3.06. The summed E-state index contributed by atoms with van der Waals surface area (Å²) in [4.78, 5) is 0. The summed E-state index contributed by atoms with van der Waals surface area (Å²) in [5, 5.41) is 2.62. The Labute approximate surface area is 147 Å². The molecular formula is C24H19N. The Morgan fingerprint density at radius 2 is 1.48 bits per heavy atom. The highest BCUT2D eigenvalue weighted by Crippen LogP contribution is 2.33. The van der Waals surface area contributed by atoms with Gasteiger partial charge >= 0.3 is 0 Å². The van der Waals surface area contributed by atoms with Crippen LogP contribution in [0.4, 0.5) is 0 Å². The van der Waals surface area contributed by atoms with Crippen molar-refractivity contribution >= 4 is 27.9 Å². The van der Waals surface area contributed by atoms with Crippen molar-refractivity contribution in [3.63, 3.8) is 0 Å². The minimum Gasteiger partial charge on any atom is -0.309 e. The van der Waals surface area contributed by atoms with Gasteiger partial charge in [0.15, 0.2) is 0 Å². The van der Waals surface area contributed by atoms with Gasteiger partial charge in [0, 0.05) is 16.5 Å². The lowest BCUT2D eigenvalue weighted by Crippen LogP contribution is -1.99. The monoisotopic (exact) mass is 321 g/mol. The van der Waals surface area contributed by atoms with Gasteiger partial charge in [0.05, 0.1) is 11.0 Å². The predicted octanol–water partition coefficient (Wildman–Crippen LogP) is 6.22. The third-order valence-corrected chi connectivity index (χ3v) is 5.14. The van der Waals surface area contributed by atoms with Crippen molar-refractivity contribution in [2.75, 3.05) is 0 Å². The fourth-order valence-electron chi connectivity index (χ4n) is 4.01. The van der Waals surface area contributed by atoms with Crippen molar-refractivity contribution in [3.8, 4) is 5.69 Å². The highest BCUT2D eigenvalue weighted by atomic mass is 15.0. The van der Waals surface area contributed by atoms with Crippen LogP contribution in [0.1, 0.15) is 16.7 Å². The molecule has 0 saturated heterocycles. The summed E-state index contributed by atoms with van der Waals surface area (Å²) in [5.74, 6) is 0. The van der Waals surface area contributed by atoms with Gasteiger partial charge in [0.25, 0.3) is 0 Å². The van der Waals surface area contributed by atoms with E-state index in [-0.39, 0.29) is 0 Å². The Morgan fingerprint density at radius 3 is 2.20 bits per heavy atom. The molecule has 1 heterocycles. The van der Waals surface area contributed by atoms with E-state index in [1.54, 1.807) is 0 Å². The van der Waals surface area contributed by atoms with Crippen LogP contribution in [0.15, 0.2) is 78.9 Å². The highest BCUT2D eigenvalue weighted by molar-refractivity contribution is 6.09. The molecule has 1 aliphatic rings. The Balaban J connectivity index is 1.87. The number of allylic oxidation sites excluding steroid dienone is 3. The fourth-order valence-corrected chi connectivity index (χ4v) is 4.01. The van der Waals surface area contributed by atoms with Gasteiger partial charge in [-0.3, -0.25) is 0 Å². The number of para-hydroxylation sites is 2. The molecule has 0 fully saturated rings. The first-order chi connectivity index (χ1) is 12.3. The number of hydrogen-bond donors (Lipinski definition) is 0. The molecule has 0 spiro atoms. The molecule has 1 heteroatoms. The molecule has 25 heavy (non-hydrogen) atoms. The van der Waals surface area contributed by atoms with Crippen LogP contribution in [-0.4, -0.2) is 4.57 Å². The van der Waals surface area contributed by atoms with Crippen molar-refractivity contribution in [1.29, 1.82) is 0 Å². The van der Waals surface area contributed by atoms with Crippen LogP contribution in [0, 0.1) is 6.92 Å². The summed E-state index contributed by atoms with van der Waals surface area (Å²) in [5.41, 5.74) is 7.86. The summed E-state index contributed by atoms with van der Waals surface area (Å²) in [7, 11) is 0. The molecule has 1 aliphatic carbocycles. The normalized spacial score (nSPS) is 13.3. The second-order valence-electron chi connectivity index (χ2n) is 6.70. The maximum atomic E-state index is 2.40. The van der Waals surface area contributed by atoms with Crippen molar-refractivity contribution < 1.29 is 0 Å². The zero-order chi connectivity index (χ0) is 16.8. The number of aromatic nitrogens is 1. The SMILES string of the molecule is Cc1cc(-n2c3ccccc3c3ccccc32)cc2c1C=CC=CC2. The lowest BCUT2D eigenvalue weighted by molar-refractivity contribution is 1.14. The van der Waals surface area contributed by atoms with Crippen molar-refractivity contribution in [3.05, 3.63) is 95.6 Å². The first-order valence-electron chi connectivity index (χ1n) is 8.78. The van der Waals surface area contributed by atoms with Gasteiger partial charge in [-0.25, -0.2) is 0 Å². The van der Waals surface area contributed by atoms with E-state index in [1.807, 2.05) is 0 Å². The smallest absolute Gasteiger partial charge is 0.0541 e. The minimum atomic E-state index is 0.980. The Morgan fingerprint density at radius 1 is 0.800 bits per heavy atom. The van der Waals surface area contributed by atoms with E-state index in [0.717, 1.165) is 6.42 Å². The zero-order valence-corrected chi connectivity index (χ0v) is 14.2. The highest BCUT2D eigenvalue weighted by Gasteiger charge is 2.14. The maximum Gasteiger partial charge on any atom is 0.0541 e. The molecule has 120 valence electrons. The molecule has 1 nitrogen and oxygen atoms in total. The Bertz CT molecular complexity index is 1120. The van der Waals surface area contributed by atoms with E-state index in [1.165, 1.54) is 44.2 Å². The standard InChI is InChI=1S/C24H19N/c1-17-15-19(16-18-9-3-2-4-10-20(17)18)25-23-13-7-5-11-21(23)22-12-6-8-14-24(22)25/h2-8,10-16H,9H2,1H3. The van der Waals surface area contributed by atoms with Crippen molar-refractivity contribution in [2.45, 2.75) is 13.3 Å². The van der Waals surface area contributed by atoms with Crippen LogP contribution in [-0.2, 0) is 6.42 Å². The molecule has 0 aliphatic heterocycles. The number of aryl methyl sites for hydroxylation is 1. The van der Waals surface area contributed by atoms with Crippen LogP contribution in [0.25, 0.3) is 33.6 Å². The first-order valence-corrected chi connectivity index (χ1v) is 8.78. The van der Waals surface area contributed by atoms with Crippen LogP contribution in [0.5, 0.6) is 0 Å². The quantitative estimate of drug-likeness (QED) is 0.392. The van der Waals surface area contributed by atoms with E-state index in [2.05, 4.69) is 96.5 Å². The number of hydrogen-bond acceptors (Lipinski definition) is 0. The summed E-state index contributed by atoms with van der Waals surface area (Å²) in [6.45, 7) is 2.21. The number of rotatable bonds is 1. The predicted molar refractivity (Wildman–Crippen MR) is 107 cm³/mol. The van der Waals surface area contributed by atoms with Crippen molar-refractivity contribution in [1.82, 2.24) is 4.57 Å². The molecule has 0 N–H and O–H groups in total. The van der Waals surface area contributed by atoms with E-state index >= 15 is 0 Å². The molecular weight excluding hydrogens is 302 g/mol. The summed E-state index contributed by atoms with van der Waals surface area (Å²) >= 11 is 0. The third kappa shape index (κ3) is 2.16. The van der Waals surface area contributed by atoms with E-state index in [4.69, 9.17) is 0 Å². The van der Waals surface area contributed by atoms with Gasteiger partial charge in [-0.1, -0.05) is 60.7 Å². The summed E-state index contributed by atoms with van der Waals surface area (Å²) < 4.78 is 2.40. The molecule has 0 unspecified atom stereocenters. The lowest BCUT2D eigenvalue weighted by atomic mass is 9.99. The van der Waals surface area contributed by atoms with Gasteiger partial charge in [0.2, 0.25) is 0 Å². The number of nitrogens with zero attached hydrogens (tertiary/aromatic N) is 1. The molecule has 4 aromatic rings. The summed E-state index contributed by atoms with van der Waals surface area (Å²) in [6.07, 6.45) is 9.72. The average Bonchev–Trinajstić information content (AvgIpc) is 2.78. The van der Waals surface area contributed by atoms with Gasteiger partial charge < -0.3 is 4.57 Å². The lowest BCUT2D eigenvalue weighted by Gasteiger charge is -2.14. The third-order valence-electron chi connectivity index (χ3n) is 5.14. The van der Waals surface area contributed by atoms with Gasteiger partial charge in [-0.05, 0) is 54.3 Å². The van der Waals surface area contributed by atoms with Gasteiger partial charge in [-0.15, -0.1) is 0 Å². The molecule has 0 saturated carbocycles. The van der Waals surface area contributed by atoms with Crippen LogP contribution >= 0.6 is 0 Å². The molecule has 0 bridgehead atoms. The minimum absolute atomic E-state index is 0.980. The van der Waals surface area contributed by atoms with E-state index in [0.29, 0.717) is 0 Å². The Kier molecular flexibility index (Phi) is 3.14. The zero-order valence-electron chi connectivity index (χ0n) is 14.2. The second kappa shape index (κ2) is 5.49. The van der Waals surface area contributed by atoms with E-state index in [9.17, 15) is 0 Å². The van der Waals surface area contributed by atoms with Crippen LogP contribution < -0.4 is 0 Å².